The number of hydrogen-bond donors (Lipinski definition) is 1. The summed E-state index contributed by atoms with van der Waals surface area (Å²) >= 11 is 0. The average Bonchev–Trinajstić information content (AvgIpc) is 2.72. The minimum absolute atomic E-state index is 0.0300. The summed E-state index contributed by atoms with van der Waals surface area (Å²) in [6.45, 7) is -0.490. The summed E-state index contributed by atoms with van der Waals surface area (Å²) in [5.41, 5.74) is 0.634. The van der Waals surface area contributed by atoms with E-state index in [1.165, 1.54) is 38.4 Å². The van der Waals surface area contributed by atoms with Crippen LogP contribution in [0, 0.1) is 0 Å². The second-order valence-corrected chi connectivity index (χ2v) is 8.65. The molecule has 1 amide bonds. The summed E-state index contributed by atoms with van der Waals surface area (Å²) in [5, 5.41) is 4.69. The molecule has 0 bridgehead atoms. The predicted molar refractivity (Wildman–Crippen MR) is 110 cm³/mol. The fourth-order valence-electron chi connectivity index (χ4n) is 2.67. The molecule has 0 atom stereocenters. The van der Waals surface area contributed by atoms with Crippen LogP contribution in [0.1, 0.15) is 10.4 Å². The van der Waals surface area contributed by atoms with Crippen LogP contribution in [0.15, 0.2) is 71.6 Å². The summed E-state index contributed by atoms with van der Waals surface area (Å²) < 4.78 is 30.4. The topological polar surface area (TPSA) is 92.8 Å². The molecule has 0 aliphatic rings. The summed E-state index contributed by atoms with van der Waals surface area (Å²) in [6, 6.07) is 18.7. The van der Waals surface area contributed by atoms with Crippen molar-refractivity contribution in [3.8, 4) is 0 Å². The monoisotopic (exact) mass is 412 g/mol. The number of ether oxygens (including phenoxy) is 1. The highest BCUT2D eigenvalue weighted by Crippen LogP contribution is 2.19. The first kappa shape index (κ1) is 20.5. The third-order valence-electron chi connectivity index (χ3n) is 4.22. The van der Waals surface area contributed by atoms with Gasteiger partial charge in [0.15, 0.2) is 6.61 Å². The maximum atomic E-state index is 12.2. The van der Waals surface area contributed by atoms with E-state index < -0.39 is 28.5 Å². The molecule has 0 fully saturated rings. The number of sulfonamides is 1. The number of rotatable bonds is 6. The highest BCUT2D eigenvalue weighted by atomic mass is 32.2. The van der Waals surface area contributed by atoms with E-state index >= 15 is 0 Å². The molecule has 0 heterocycles. The standard InChI is InChI=1S/C21H20N2O5S/c1-23(2)29(26,27)19-9-5-8-17(13-19)21(25)28-14-20(24)22-18-11-10-15-6-3-4-7-16(15)12-18/h3-13H,14H2,1-2H3,(H,22,24). The molecule has 0 unspecified atom stereocenters. The maximum Gasteiger partial charge on any atom is 0.338 e. The van der Waals surface area contributed by atoms with Crippen molar-refractivity contribution >= 4 is 38.4 Å². The fourth-order valence-corrected chi connectivity index (χ4v) is 3.62. The van der Waals surface area contributed by atoms with E-state index in [-0.39, 0.29) is 10.5 Å². The van der Waals surface area contributed by atoms with Gasteiger partial charge in [-0.25, -0.2) is 17.5 Å². The number of benzene rings is 3. The Labute approximate surface area is 169 Å². The van der Waals surface area contributed by atoms with Crippen molar-refractivity contribution in [3.63, 3.8) is 0 Å². The minimum atomic E-state index is -3.68. The van der Waals surface area contributed by atoms with Crippen molar-refractivity contribution < 1.29 is 22.7 Å². The Morgan fingerprint density at radius 2 is 1.66 bits per heavy atom. The number of amides is 1. The molecule has 3 rings (SSSR count). The second kappa shape index (κ2) is 8.42. The number of anilines is 1. The zero-order valence-corrected chi connectivity index (χ0v) is 16.8. The Morgan fingerprint density at radius 3 is 2.38 bits per heavy atom. The predicted octanol–water partition coefficient (Wildman–Crippen LogP) is 2.89. The third kappa shape index (κ3) is 4.79. The molecule has 0 aliphatic heterocycles. The number of carbonyl (C=O) groups is 2. The van der Waals surface area contributed by atoms with E-state index in [0.717, 1.165) is 15.1 Å². The van der Waals surface area contributed by atoms with Crippen LogP contribution in [0.2, 0.25) is 0 Å². The average molecular weight is 412 g/mol. The van der Waals surface area contributed by atoms with Crippen LogP contribution >= 0.6 is 0 Å². The number of nitrogens with zero attached hydrogens (tertiary/aromatic N) is 1. The van der Waals surface area contributed by atoms with Crippen LogP contribution in [-0.4, -0.2) is 45.3 Å². The molecular weight excluding hydrogens is 392 g/mol. The molecule has 3 aromatic carbocycles. The first-order valence-corrected chi connectivity index (χ1v) is 10.2. The van der Waals surface area contributed by atoms with Crippen molar-refractivity contribution in [3.05, 3.63) is 72.3 Å². The van der Waals surface area contributed by atoms with Crippen molar-refractivity contribution in [1.82, 2.24) is 4.31 Å². The Kier molecular flexibility index (Phi) is 5.95. The van der Waals surface area contributed by atoms with Crippen LogP contribution in [0.5, 0.6) is 0 Å². The molecule has 8 heteroatoms. The van der Waals surface area contributed by atoms with Gasteiger partial charge in [-0.15, -0.1) is 0 Å². The van der Waals surface area contributed by atoms with Gasteiger partial charge < -0.3 is 10.1 Å². The molecule has 1 N–H and O–H groups in total. The number of carbonyl (C=O) groups excluding carboxylic acids is 2. The highest BCUT2D eigenvalue weighted by Gasteiger charge is 2.19. The first-order chi connectivity index (χ1) is 13.8. The van der Waals surface area contributed by atoms with Gasteiger partial charge in [0.2, 0.25) is 10.0 Å². The van der Waals surface area contributed by atoms with Crippen LogP contribution in [0.3, 0.4) is 0 Å². The van der Waals surface area contributed by atoms with E-state index in [2.05, 4.69) is 5.32 Å². The zero-order chi connectivity index (χ0) is 21.0. The van der Waals surface area contributed by atoms with E-state index in [1.54, 1.807) is 6.07 Å². The van der Waals surface area contributed by atoms with Gasteiger partial charge in [-0.1, -0.05) is 36.4 Å². The van der Waals surface area contributed by atoms with Crippen LogP contribution < -0.4 is 5.32 Å². The Morgan fingerprint density at radius 1 is 0.931 bits per heavy atom. The minimum Gasteiger partial charge on any atom is -0.452 e. The lowest BCUT2D eigenvalue weighted by Gasteiger charge is -2.12. The van der Waals surface area contributed by atoms with Crippen LogP contribution in [0.25, 0.3) is 10.8 Å². The Hall–Kier alpha value is -3.23. The van der Waals surface area contributed by atoms with Crippen molar-refractivity contribution in [2.45, 2.75) is 4.90 Å². The quantitative estimate of drug-likeness (QED) is 0.629. The number of esters is 1. The lowest BCUT2D eigenvalue weighted by Crippen LogP contribution is -2.23. The molecule has 3 aromatic rings. The highest BCUT2D eigenvalue weighted by molar-refractivity contribution is 7.89. The first-order valence-electron chi connectivity index (χ1n) is 8.76. The summed E-state index contributed by atoms with van der Waals surface area (Å²) in [4.78, 5) is 24.3. The zero-order valence-electron chi connectivity index (χ0n) is 16.0. The molecule has 7 nitrogen and oxygen atoms in total. The molecule has 0 aromatic heterocycles. The summed E-state index contributed by atoms with van der Waals surface area (Å²) in [5.74, 6) is -1.28. The molecule has 29 heavy (non-hydrogen) atoms. The van der Waals surface area contributed by atoms with Gasteiger partial charge >= 0.3 is 5.97 Å². The van der Waals surface area contributed by atoms with Gasteiger partial charge in [-0.05, 0) is 41.1 Å². The van der Waals surface area contributed by atoms with E-state index in [1.807, 2.05) is 36.4 Å². The number of fused-ring (bicyclic) bond motifs is 1. The molecule has 0 aliphatic carbocycles. The molecular formula is C21H20N2O5S. The third-order valence-corrected chi connectivity index (χ3v) is 6.03. The van der Waals surface area contributed by atoms with Crippen LogP contribution in [0.4, 0.5) is 5.69 Å². The number of nitrogens with one attached hydrogen (secondary N) is 1. The van der Waals surface area contributed by atoms with Crippen molar-refractivity contribution in [2.75, 3.05) is 26.0 Å². The van der Waals surface area contributed by atoms with Gasteiger partial charge in [0, 0.05) is 19.8 Å². The van der Waals surface area contributed by atoms with E-state index in [4.69, 9.17) is 4.74 Å². The van der Waals surface area contributed by atoms with E-state index in [9.17, 15) is 18.0 Å². The van der Waals surface area contributed by atoms with Gasteiger partial charge in [0.25, 0.3) is 5.91 Å². The van der Waals surface area contributed by atoms with Crippen molar-refractivity contribution in [2.24, 2.45) is 0 Å². The van der Waals surface area contributed by atoms with E-state index in [0.29, 0.717) is 5.69 Å². The lowest BCUT2D eigenvalue weighted by atomic mass is 10.1. The SMILES string of the molecule is CN(C)S(=O)(=O)c1cccc(C(=O)OCC(=O)Nc2ccc3ccccc3c2)c1. The molecule has 150 valence electrons. The normalized spacial score (nSPS) is 11.4. The van der Waals surface area contributed by atoms with Gasteiger partial charge in [0.1, 0.15) is 0 Å². The molecule has 0 saturated carbocycles. The van der Waals surface area contributed by atoms with Gasteiger partial charge in [-0.2, -0.15) is 0 Å². The lowest BCUT2D eigenvalue weighted by molar-refractivity contribution is -0.119. The molecule has 0 saturated heterocycles. The Bertz CT molecular complexity index is 1170. The molecule has 0 spiro atoms. The fraction of sp³-hybridized carbons (Fsp3) is 0.143. The van der Waals surface area contributed by atoms with Crippen LogP contribution in [-0.2, 0) is 19.6 Å². The maximum absolute atomic E-state index is 12.2. The van der Waals surface area contributed by atoms with Gasteiger partial charge in [0.05, 0.1) is 10.5 Å². The van der Waals surface area contributed by atoms with Crippen molar-refractivity contribution in [1.29, 1.82) is 0 Å². The van der Waals surface area contributed by atoms with Gasteiger partial charge in [-0.3, -0.25) is 4.79 Å². The molecule has 0 radical (unpaired) electrons. The second-order valence-electron chi connectivity index (χ2n) is 6.50. The number of hydrogen-bond acceptors (Lipinski definition) is 5. The smallest absolute Gasteiger partial charge is 0.338 e. The largest absolute Gasteiger partial charge is 0.452 e. The Balaban J connectivity index is 1.63. The summed E-state index contributed by atoms with van der Waals surface area (Å²) in [6.07, 6.45) is 0. The summed E-state index contributed by atoms with van der Waals surface area (Å²) in [7, 11) is -0.876.